The van der Waals surface area contributed by atoms with Crippen LogP contribution in [0.4, 0.5) is 11.4 Å². The van der Waals surface area contributed by atoms with Crippen LogP contribution >= 0.6 is 0 Å². The molecule has 6 nitrogen and oxygen atoms in total. The van der Waals surface area contributed by atoms with E-state index in [0.717, 1.165) is 6.42 Å². The van der Waals surface area contributed by atoms with Gasteiger partial charge in [0.25, 0.3) is 5.69 Å². The molecule has 0 saturated carbocycles. The van der Waals surface area contributed by atoms with E-state index in [1.807, 2.05) is 6.92 Å². The first-order valence-corrected chi connectivity index (χ1v) is 5.35. The lowest BCUT2D eigenvalue weighted by Crippen LogP contribution is -2.36. The number of benzene rings is 1. The minimum atomic E-state index is -0.474. The highest BCUT2D eigenvalue weighted by atomic mass is 16.6. The molecule has 0 radical (unpaired) electrons. The van der Waals surface area contributed by atoms with Gasteiger partial charge in [-0.25, -0.2) is 0 Å². The topological polar surface area (TPSA) is 89.5 Å². The van der Waals surface area contributed by atoms with E-state index in [2.05, 4.69) is 0 Å². The highest BCUT2D eigenvalue weighted by molar-refractivity contribution is 5.94. The molecule has 1 aromatic rings. The first-order valence-electron chi connectivity index (χ1n) is 5.35. The molecule has 0 bridgehead atoms. The number of nitrogens with two attached hydrogens (primary N) is 1. The third-order valence-corrected chi connectivity index (χ3v) is 2.30. The first-order chi connectivity index (χ1) is 8.10. The van der Waals surface area contributed by atoms with Crippen LogP contribution in [0.25, 0.3) is 0 Å². The van der Waals surface area contributed by atoms with Crippen LogP contribution in [0.3, 0.4) is 0 Å². The van der Waals surface area contributed by atoms with E-state index in [-0.39, 0.29) is 18.1 Å². The normalized spacial score (nSPS) is 10.0. The molecule has 0 aliphatic heterocycles. The molecule has 1 amide bonds. The van der Waals surface area contributed by atoms with Gasteiger partial charge in [-0.1, -0.05) is 6.92 Å². The molecule has 1 rings (SSSR count). The number of hydrogen-bond acceptors (Lipinski definition) is 4. The maximum atomic E-state index is 11.6. The molecule has 0 saturated heterocycles. The van der Waals surface area contributed by atoms with Crippen LogP contribution in [0.15, 0.2) is 24.3 Å². The number of hydrogen-bond donors (Lipinski definition) is 1. The number of nitrogens with zero attached hydrogens (tertiary/aromatic N) is 2. The Balaban J connectivity index is 2.94. The van der Waals surface area contributed by atoms with Crippen LogP contribution in [0.5, 0.6) is 0 Å². The molecule has 0 atom stereocenters. The monoisotopic (exact) mass is 237 g/mol. The average Bonchev–Trinajstić information content (AvgIpc) is 2.35. The fraction of sp³-hybridized carbons (Fsp3) is 0.364. The molecule has 0 aliphatic rings. The number of anilines is 1. The van der Waals surface area contributed by atoms with Crippen molar-refractivity contribution >= 4 is 17.3 Å². The Hall–Kier alpha value is -1.95. The van der Waals surface area contributed by atoms with Crippen LogP contribution in [-0.2, 0) is 4.79 Å². The molecule has 0 heterocycles. The summed E-state index contributed by atoms with van der Waals surface area (Å²) in [4.78, 5) is 23.1. The minimum absolute atomic E-state index is 0.00500. The second kappa shape index (κ2) is 5.95. The molecule has 0 unspecified atom stereocenters. The van der Waals surface area contributed by atoms with E-state index < -0.39 is 4.92 Å². The molecule has 92 valence electrons. The van der Waals surface area contributed by atoms with Gasteiger partial charge in [0.2, 0.25) is 5.91 Å². The average molecular weight is 237 g/mol. The van der Waals surface area contributed by atoms with Crippen LogP contribution in [0.1, 0.15) is 13.3 Å². The van der Waals surface area contributed by atoms with Crippen LogP contribution < -0.4 is 10.6 Å². The number of carbonyl (C=O) groups excluding carboxylic acids is 1. The van der Waals surface area contributed by atoms with Crippen molar-refractivity contribution in [1.29, 1.82) is 0 Å². The summed E-state index contributed by atoms with van der Waals surface area (Å²) in [5.41, 5.74) is 5.96. The predicted octanol–water partition coefficient (Wildman–Crippen LogP) is 1.30. The largest absolute Gasteiger partial charge is 0.322 e. The summed E-state index contributed by atoms with van der Waals surface area (Å²) in [5.74, 6) is -0.194. The lowest BCUT2D eigenvalue weighted by molar-refractivity contribution is -0.384. The van der Waals surface area contributed by atoms with Crippen molar-refractivity contribution in [2.45, 2.75) is 13.3 Å². The number of nitro benzene ring substituents is 1. The molecule has 0 fully saturated rings. The van der Waals surface area contributed by atoms with Gasteiger partial charge in [-0.3, -0.25) is 14.9 Å². The lowest BCUT2D eigenvalue weighted by Gasteiger charge is -2.21. The zero-order valence-electron chi connectivity index (χ0n) is 9.63. The molecule has 17 heavy (non-hydrogen) atoms. The van der Waals surface area contributed by atoms with E-state index in [4.69, 9.17) is 5.73 Å². The fourth-order valence-electron chi connectivity index (χ4n) is 1.49. The summed E-state index contributed by atoms with van der Waals surface area (Å²) in [7, 11) is 0. The number of rotatable bonds is 5. The van der Waals surface area contributed by atoms with Crippen molar-refractivity contribution in [3.05, 3.63) is 34.4 Å². The molecule has 2 N–H and O–H groups in total. The van der Waals surface area contributed by atoms with Crippen molar-refractivity contribution in [1.82, 2.24) is 0 Å². The Morgan fingerprint density at radius 3 is 2.41 bits per heavy atom. The van der Waals surface area contributed by atoms with E-state index in [0.29, 0.717) is 12.2 Å². The Labute approximate surface area is 99.2 Å². The standard InChI is InChI=1S/C11H15N3O3/c1-2-7-13(11(15)8-12)9-3-5-10(6-4-9)14(16)17/h3-6H,2,7-8,12H2,1H3. The van der Waals surface area contributed by atoms with Crippen LogP contribution in [0, 0.1) is 10.1 Å². The Morgan fingerprint density at radius 2 is 2.00 bits per heavy atom. The van der Waals surface area contributed by atoms with E-state index in [9.17, 15) is 14.9 Å². The number of amides is 1. The van der Waals surface area contributed by atoms with Crippen LogP contribution in [-0.4, -0.2) is 23.9 Å². The van der Waals surface area contributed by atoms with Gasteiger partial charge in [0.15, 0.2) is 0 Å². The van der Waals surface area contributed by atoms with E-state index in [1.165, 1.54) is 17.0 Å². The van der Waals surface area contributed by atoms with Gasteiger partial charge in [0.1, 0.15) is 0 Å². The third kappa shape index (κ3) is 3.25. The number of non-ortho nitro benzene ring substituents is 1. The van der Waals surface area contributed by atoms with Crippen molar-refractivity contribution in [2.75, 3.05) is 18.0 Å². The summed E-state index contributed by atoms with van der Waals surface area (Å²) in [6, 6.07) is 5.87. The molecule has 0 aliphatic carbocycles. The Bertz CT molecular complexity index is 403. The van der Waals surface area contributed by atoms with Crippen molar-refractivity contribution in [3.63, 3.8) is 0 Å². The van der Waals surface area contributed by atoms with Crippen molar-refractivity contribution < 1.29 is 9.72 Å². The quantitative estimate of drug-likeness (QED) is 0.617. The zero-order valence-corrected chi connectivity index (χ0v) is 9.63. The maximum absolute atomic E-state index is 11.6. The summed E-state index contributed by atoms with van der Waals surface area (Å²) in [6.07, 6.45) is 0.794. The Kier molecular flexibility index (Phi) is 4.59. The molecule has 6 heteroatoms. The second-order valence-electron chi connectivity index (χ2n) is 3.52. The van der Waals surface area contributed by atoms with Crippen molar-refractivity contribution in [2.24, 2.45) is 5.73 Å². The SMILES string of the molecule is CCCN(C(=O)CN)c1ccc([N+](=O)[O-])cc1. The zero-order chi connectivity index (χ0) is 12.8. The second-order valence-corrected chi connectivity index (χ2v) is 3.52. The van der Waals surface area contributed by atoms with Crippen LogP contribution in [0.2, 0.25) is 0 Å². The maximum Gasteiger partial charge on any atom is 0.269 e. The smallest absolute Gasteiger partial charge is 0.269 e. The third-order valence-electron chi connectivity index (χ3n) is 2.30. The van der Waals surface area contributed by atoms with Gasteiger partial charge in [-0.15, -0.1) is 0 Å². The van der Waals surface area contributed by atoms with Gasteiger partial charge >= 0.3 is 0 Å². The lowest BCUT2D eigenvalue weighted by atomic mass is 10.2. The highest BCUT2D eigenvalue weighted by Crippen LogP contribution is 2.19. The van der Waals surface area contributed by atoms with Gasteiger partial charge in [-0.2, -0.15) is 0 Å². The fourth-order valence-corrected chi connectivity index (χ4v) is 1.49. The molecule has 0 aromatic heterocycles. The van der Waals surface area contributed by atoms with Gasteiger partial charge in [-0.05, 0) is 18.6 Å². The summed E-state index contributed by atoms with van der Waals surface area (Å²) >= 11 is 0. The van der Waals surface area contributed by atoms with E-state index in [1.54, 1.807) is 12.1 Å². The highest BCUT2D eigenvalue weighted by Gasteiger charge is 2.14. The summed E-state index contributed by atoms with van der Waals surface area (Å²) in [6.45, 7) is 2.42. The first kappa shape index (κ1) is 13.1. The summed E-state index contributed by atoms with van der Waals surface area (Å²) in [5, 5.41) is 10.5. The molecular weight excluding hydrogens is 222 g/mol. The minimum Gasteiger partial charge on any atom is -0.322 e. The number of carbonyl (C=O) groups is 1. The molecule has 0 spiro atoms. The van der Waals surface area contributed by atoms with Gasteiger partial charge < -0.3 is 10.6 Å². The Morgan fingerprint density at radius 1 is 1.41 bits per heavy atom. The van der Waals surface area contributed by atoms with Gasteiger partial charge in [0, 0.05) is 24.4 Å². The van der Waals surface area contributed by atoms with Gasteiger partial charge in [0.05, 0.1) is 11.5 Å². The molecule has 1 aromatic carbocycles. The number of nitro groups is 1. The molecular formula is C11H15N3O3. The van der Waals surface area contributed by atoms with Crippen molar-refractivity contribution in [3.8, 4) is 0 Å². The predicted molar refractivity (Wildman–Crippen MR) is 64.8 cm³/mol. The van der Waals surface area contributed by atoms with E-state index >= 15 is 0 Å². The summed E-state index contributed by atoms with van der Waals surface area (Å²) < 4.78 is 0.